The molecule has 4 heteroatoms. The molecular weight excluding hydrogens is 585 g/mol. The molecule has 3 aromatic rings. The molecule has 3 nitrogen and oxygen atoms in total. The first-order chi connectivity index (χ1) is 19.1. The van der Waals surface area contributed by atoms with E-state index in [9.17, 15) is 4.79 Å². The van der Waals surface area contributed by atoms with Crippen LogP contribution in [0.1, 0.15) is 81.5 Å². The Morgan fingerprint density at radius 1 is 0.769 bits per heavy atom. The van der Waals surface area contributed by atoms with Gasteiger partial charge in [-0.3, -0.25) is 0 Å². The van der Waals surface area contributed by atoms with Crippen LogP contribution in [-0.4, -0.2) is 35.9 Å². The summed E-state index contributed by atoms with van der Waals surface area (Å²) in [6.45, 7) is 8.00. The molecule has 0 bridgehead atoms. The van der Waals surface area contributed by atoms with E-state index < -0.39 is 18.4 Å². The van der Waals surface area contributed by atoms with Crippen molar-refractivity contribution in [3.63, 3.8) is 0 Å². The van der Waals surface area contributed by atoms with Crippen molar-refractivity contribution in [1.82, 2.24) is 4.90 Å². The zero-order valence-electron chi connectivity index (χ0n) is 24.3. The molecule has 1 unspecified atom stereocenters. The normalized spacial score (nSPS) is 17.1. The summed E-state index contributed by atoms with van der Waals surface area (Å²) < 4.78 is 9.72. The number of fused-ring (bicyclic) bond motifs is 1. The van der Waals surface area contributed by atoms with Crippen LogP contribution >= 0.6 is 0 Å². The third-order valence-electron chi connectivity index (χ3n) is 8.83. The van der Waals surface area contributed by atoms with Crippen LogP contribution in [0.2, 0.25) is 13.3 Å². The molecule has 0 aromatic heterocycles. The summed E-state index contributed by atoms with van der Waals surface area (Å²) in [5.41, 5.74) is 5.15. The minimum absolute atomic E-state index is 0.150. The molecule has 0 spiro atoms. The fraction of sp³-hybridized carbons (Fsp3) is 0.457. The van der Waals surface area contributed by atoms with Crippen molar-refractivity contribution in [3.05, 3.63) is 107 Å². The number of carbonyl (C=O) groups excluding carboxylic acids is 1. The number of ether oxygens (including phenoxy) is 1. The molecule has 0 fully saturated rings. The first-order valence-corrected chi connectivity index (χ1v) is 22.7. The predicted octanol–water partition coefficient (Wildman–Crippen LogP) is 9.51. The summed E-state index contributed by atoms with van der Waals surface area (Å²) in [6.07, 6.45) is 8.05. The standard InChI is InChI=1S/C23H20NO2.3C4H9.Sn/c25-23(26-17-18-9-3-1-4-10-18)24-16-15-19-11-7-8-14-21(19)22(24)20-12-5-2-6-13-20;3*1-3-4-2;/h1-14H,15-17H2;3*1,3-4H2,2H3;. The van der Waals surface area contributed by atoms with E-state index >= 15 is 0 Å². The van der Waals surface area contributed by atoms with E-state index in [1.807, 2.05) is 30.3 Å². The number of hydrogen-bond acceptors (Lipinski definition) is 2. The molecule has 0 saturated heterocycles. The summed E-state index contributed by atoms with van der Waals surface area (Å²) in [5.74, 6) is 0. The van der Waals surface area contributed by atoms with Crippen LogP contribution in [0.25, 0.3) is 0 Å². The van der Waals surface area contributed by atoms with Gasteiger partial charge in [0, 0.05) is 0 Å². The fourth-order valence-electron chi connectivity index (χ4n) is 6.99. The fourth-order valence-corrected chi connectivity index (χ4v) is 27.8. The van der Waals surface area contributed by atoms with Crippen molar-refractivity contribution in [2.24, 2.45) is 0 Å². The molecule has 1 amide bonds. The van der Waals surface area contributed by atoms with Gasteiger partial charge in [-0.2, -0.15) is 0 Å². The van der Waals surface area contributed by atoms with Crippen LogP contribution < -0.4 is 0 Å². The first-order valence-electron chi connectivity index (χ1n) is 15.2. The average Bonchev–Trinajstić information content (AvgIpc) is 3.00. The summed E-state index contributed by atoms with van der Waals surface area (Å²) >= 11 is -3.29. The molecule has 0 radical (unpaired) electrons. The van der Waals surface area contributed by atoms with Crippen LogP contribution in [0, 0.1) is 0 Å². The second-order valence-corrected chi connectivity index (χ2v) is 24.9. The molecule has 208 valence electrons. The topological polar surface area (TPSA) is 29.5 Å². The number of unbranched alkanes of at least 4 members (excludes halogenated alkanes) is 3. The Hall–Kier alpha value is -2.27. The van der Waals surface area contributed by atoms with Gasteiger partial charge in [-0.05, 0) is 0 Å². The van der Waals surface area contributed by atoms with Crippen molar-refractivity contribution in [3.8, 4) is 0 Å². The SMILES string of the molecule is CCC[CH2][Sn]([CH2]CCC)([CH2]CCC)[C]1(c2ccccc2)c2ccccc2CCN1C(=O)OCc1ccccc1. The second kappa shape index (κ2) is 14.4. The van der Waals surface area contributed by atoms with Crippen molar-refractivity contribution >= 4 is 24.5 Å². The average molecular weight is 632 g/mol. The third-order valence-corrected chi connectivity index (χ3v) is 26.8. The Labute approximate surface area is 240 Å². The van der Waals surface area contributed by atoms with E-state index in [0.717, 1.165) is 12.0 Å². The Balaban J connectivity index is 1.96. The number of benzene rings is 3. The Bertz CT molecular complexity index is 1140. The van der Waals surface area contributed by atoms with Gasteiger partial charge < -0.3 is 0 Å². The van der Waals surface area contributed by atoms with E-state index in [0.29, 0.717) is 13.2 Å². The van der Waals surface area contributed by atoms with Crippen molar-refractivity contribution in [2.75, 3.05) is 6.54 Å². The van der Waals surface area contributed by atoms with Crippen LogP contribution in [0.5, 0.6) is 0 Å². The van der Waals surface area contributed by atoms with Crippen LogP contribution in [0.4, 0.5) is 4.79 Å². The molecule has 0 aliphatic carbocycles. The van der Waals surface area contributed by atoms with Crippen LogP contribution in [-0.2, 0) is 21.3 Å². The monoisotopic (exact) mass is 633 g/mol. The molecule has 1 aliphatic heterocycles. The van der Waals surface area contributed by atoms with Crippen LogP contribution in [0.3, 0.4) is 0 Å². The van der Waals surface area contributed by atoms with E-state index in [1.165, 1.54) is 68.5 Å². The number of hydrogen-bond donors (Lipinski definition) is 0. The number of nitrogens with zero attached hydrogens (tertiary/aromatic N) is 1. The van der Waals surface area contributed by atoms with E-state index in [2.05, 4.69) is 80.3 Å². The Morgan fingerprint density at radius 2 is 1.31 bits per heavy atom. The minimum atomic E-state index is -3.29. The molecule has 1 atom stereocenters. The van der Waals surface area contributed by atoms with E-state index in [4.69, 9.17) is 4.74 Å². The summed E-state index contributed by atoms with van der Waals surface area (Å²) in [5, 5.41) is 0. The predicted molar refractivity (Wildman–Crippen MR) is 166 cm³/mol. The molecule has 3 aromatic carbocycles. The summed E-state index contributed by atoms with van der Waals surface area (Å²) in [4.78, 5) is 16.6. The third kappa shape index (κ3) is 6.24. The van der Waals surface area contributed by atoms with Gasteiger partial charge in [0.1, 0.15) is 0 Å². The maximum atomic E-state index is 14.4. The zero-order valence-corrected chi connectivity index (χ0v) is 27.2. The quantitative estimate of drug-likeness (QED) is 0.176. The summed E-state index contributed by atoms with van der Waals surface area (Å²) in [7, 11) is 0. The van der Waals surface area contributed by atoms with Crippen molar-refractivity contribution < 1.29 is 9.53 Å². The molecule has 4 rings (SSSR count). The number of carbonyl (C=O) groups is 1. The first kappa shape index (κ1) is 29.7. The maximum absolute atomic E-state index is 14.4. The van der Waals surface area contributed by atoms with E-state index in [-0.39, 0.29) is 9.65 Å². The molecular formula is C35H47NO2Sn. The molecule has 1 heterocycles. The van der Waals surface area contributed by atoms with Gasteiger partial charge in [-0.1, -0.05) is 0 Å². The van der Waals surface area contributed by atoms with Crippen molar-refractivity contribution in [2.45, 2.75) is 89.2 Å². The van der Waals surface area contributed by atoms with Gasteiger partial charge in [-0.25, -0.2) is 0 Å². The van der Waals surface area contributed by atoms with Gasteiger partial charge in [0.2, 0.25) is 0 Å². The Morgan fingerprint density at radius 3 is 1.90 bits per heavy atom. The van der Waals surface area contributed by atoms with E-state index in [1.54, 1.807) is 0 Å². The van der Waals surface area contributed by atoms with Gasteiger partial charge in [0.05, 0.1) is 0 Å². The van der Waals surface area contributed by atoms with Gasteiger partial charge in [0.25, 0.3) is 0 Å². The summed E-state index contributed by atoms with van der Waals surface area (Å²) in [6, 6.07) is 30.3. The molecule has 0 saturated carbocycles. The molecule has 1 aliphatic rings. The zero-order chi connectivity index (χ0) is 27.6. The Kier molecular flexibility index (Phi) is 11.0. The second-order valence-electron chi connectivity index (χ2n) is 11.3. The molecule has 0 N–H and O–H groups in total. The molecule has 39 heavy (non-hydrogen) atoms. The van der Waals surface area contributed by atoms with Gasteiger partial charge >= 0.3 is 242 Å². The number of amides is 1. The van der Waals surface area contributed by atoms with Gasteiger partial charge in [-0.15, -0.1) is 0 Å². The van der Waals surface area contributed by atoms with Crippen LogP contribution in [0.15, 0.2) is 84.9 Å². The van der Waals surface area contributed by atoms with Gasteiger partial charge in [0.15, 0.2) is 0 Å². The number of rotatable bonds is 13. The van der Waals surface area contributed by atoms with Crippen molar-refractivity contribution in [1.29, 1.82) is 0 Å².